The van der Waals surface area contributed by atoms with E-state index in [1.807, 2.05) is 0 Å². The molecule has 1 rings (SSSR count). The molecule has 1 aromatic rings. The Morgan fingerprint density at radius 1 is 1.32 bits per heavy atom. The van der Waals surface area contributed by atoms with Crippen molar-refractivity contribution in [2.45, 2.75) is 38.7 Å². The molecule has 1 unspecified atom stereocenters. The van der Waals surface area contributed by atoms with Crippen molar-refractivity contribution >= 4 is 5.69 Å². The molecule has 0 aliphatic rings. The zero-order valence-corrected chi connectivity index (χ0v) is 11.6. The molecule has 108 valence electrons. The molecule has 0 bridgehead atoms. The number of anilines is 1. The average Bonchev–Trinajstić information content (AvgIpc) is 2.40. The number of aliphatic hydroxyl groups excluding tert-OH is 1. The molecular weight excluding hydrogens is 245 g/mol. The van der Waals surface area contributed by atoms with E-state index in [9.17, 15) is 9.50 Å². The molecule has 4 heteroatoms. The molecule has 1 aromatic carbocycles. The van der Waals surface area contributed by atoms with E-state index in [1.165, 1.54) is 31.4 Å². The molecule has 0 heterocycles. The Labute approximate surface area is 114 Å². The van der Waals surface area contributed by atoms with Gasteiger partial charge in [0.25, 0.3) is 0 Å². The Bertz CT molecular complexity index is 347. The van der Waals surface area contributed by atoms with Gasteiger partial charge in [0.15, 0.2) is 0 Å². The lowest BCUT2D eigenvalue weighted by Gasteiger charge is -2.13. The normalized spacial score (nSPS) is 12.4. The predicted octanol–water partition coefficient (Wildman–Crippen LogP) is 3.20. The van der Waals surface area contributed by atoms with Crippen LogP contribution < -0.4 is 5.32 Å². The van der Waals surface area contributed by atoms with Gasteiger partial charge >= 0.3 is 0 Å². The Morgan fingerprint density at radius 2 is 2.16 bits per heavy atom. The van der Waals surface area contributed by atoms with Gasteiger partial charge < -0.3 is 15.2 Å². The molecule has 0 saturated heterocycles. The lowest BCUT2D eigenvalue weighted by Crippen LogP contribution is -2.25. The number of hydrogen-bond acceptors (Lipinski definition) is 3. The highest BCUT2D eigenvalue weighted by Gasteiger charge is 2.04. The van der Waals surface area contributed by atoms with E-state index in [-0.39, 0.29) is 5.82 Å². The summed E-state index contributed by atoms with van der Waals surface area (Å²) in [5.74, 6) is -0.285. The highest BCUT2D eigenvalue weighted by molar-refractivity contribution is 5.43. The van der Waals surface area contributed by atoms with Gasteiger partial charge in [0.05, 0.1) is 12.7 Å². The van der Waals surface area contributed by atoms with Gasteiger partial charge in [0.1, 0.15) is 5.82 Å². The molecular formula is C15H24FNO2. The minimum Gasteiger partial charge on any atom is -0.389 e. The number of unbranched alkanes of at least 4 members (excludes halogenated alkanes) is 3. The molecule has 1 atom stereocenters. The summed E-state index contributed by atoms with van der Waals surface area (Å²) in [5, 5.41) is 12.7. The van der Waals surface area contributed by atoms with Gasteiger partial charge in [-0.15, -0.1) is 0 Å². The first-order valence-electron chi connectivity index (χ1n) is 6.97. The van der Waals surface area contributed by atoms with E-state index >= 15 is 0 Å². The van der Waals surface area contributed by atoms with Crippen LogP contribution in [-0.2, 0) is 4.74 Å². The maximum atomic E-state index is 12.9. The average molecular weight is 269 g/mol. The second-order valence-corrected chi connectivity index (χ2v) is 4.68. The fourth-order valence-corrected chi connectivity index (χ4v) is 1.74. The smallest absolute Gasteiger partial charge is 0.125 e. The highest BCUT2D eigenvalue weighted by Crippen LogP contribution is 2.08. The van der Waals surface area contributed by atoms with Crippen LogP contribution >= 0.6 is 0 Å². The van der Waals surface area contributed by atoms with Crippen LogP contribution in [0.4, 0.5) is 10.1 Å². The lowest BCUT2D eigenvalue weighted by atomic mass is 10.2. The number of aliphatic hydroxyl groups is 1. The quantitative estimate of drug-likeness (QED) is 0.641. The molecule has 0 aliphatic heterocycles. The van der Waals surface area contributed by atoms with Crippen molar-refractivity contribution in [1.82, 2.24) is 0 Å². The van der Waals surface area contributed by atoms with Crippen LogP contribution in [0.25, 0.3) is 0 Å². The molecule has 0 aromatic heterocycles. The predicted molar refractivity (Wildman–Crippen MR) is 75.9 cm³/mol. The fraction of sp³-hybridized carbons (Fsp3) is 0.600. The second-order valence-electron chi connectivity index (χ2n) is 4.68. The summed E-state index contributed by atoms with van der Waals surface area (Å²) in [6, 6.07) is 6.19. The second kappa shape index (κ2) is 9.75. The van der Waals surface area contributed by atoms with Crippen LogP contribution in [-0.4, -0.2) is 31.0 Å². The van der Waals surface area contributed by atoms with Gasteiger partial charge in [-0.3, -0.25) is 0 Å². The van der Waals surface area contributed by atoms with Gasteiger partial charge in [-0.1, -0.05) is 32.3 Å². The van der Waals surface area contributed by atoms with Crippen molar-refractivity contribution in [3.05, 3.63) is 30.1 Å². The zero-order chi connectivity index (χ0) is 13.9. The first-order chi connectivity index (χ1) is 9.22. The number of halogens is 1. The maximum Gasteiger partial charge on any atom is 0.125 e. The van der Waals surface area contributed by atoms with Crippen molar-refractivity contribution in [2.24, 2.45) is 0 Å². The lowest BCUT2D eigenvalue weighted by molar-refractivity contribution is 0.0417. The number of rotatable bonds is 10. The third-order valence-corrected chi connectivity index (χ3v) is 2.82. The van der Waals surface area contributed by atoms with Crippen LogP contribution in [0.5, 0.6) is 0 Å². The Morgan fingerprint density at radius 3 is 2.89 bits per heavy atom. The minimum atomic E-state index is -0.575. The molecule has 0 fully saturated rings. The van der Waals surface area contributed by atoms with Gasteiger partial charge in [-0.2, -0.15) is 0 Å². The van der Waals surface area contributed by atoms with Crippen molar-refractivity contribution in [2.75, 3.05) is 25.1 Å². The zero-order valence-electron chi connectivity index (χ0n) is 11.6. The summed E-state index contributed by atoms with van der Waals surface area (Å²) in [6.45, 7) is 3.53. The minimum absolute atomic E-state index is 0.285. The van der Waals surface area contributed by atoms with Crippen LogP contribution in [0.15, 0.2) is 24.3 Å². The molecule has 19 heavy (non-hydrogen) atoms. The molecule has 0 saturated carbocycles. The SMILES string of the molecule is CCCCCCOCC(O)CNc1cccc(F)c1. The van der Waals surface area contributed by atoms with Crippen molar-refractivity contribution in [3.63, 3.8) is 0 Å². The van der Waals surface area contributed by atoms with Gasteiger partial charge in [0.2, 0.25) is 0 Å². The van der Waals surface area contributed by atoms with E-state index < -0.39 is 6.10 Å². The summed E-state index contributed by atoms with van der Waals surface area (Å²) >= 11 is 0. The van der Waals surface area contributed by atoms with E-state index in [0.717, 1.165) is 6.42 Å². The Kier molecular flexibility index (Phi) is 8.18. The van der Waals surface area contributed by atoms with Crippen molar-refractivity contribution < 1.29 is 14.2 Å². The van der Waals surface area contributed by atoms with Gasteiger partial charge in [-0.25, -0.2) is 4.39 Å². The Balaban J connectivity index is 2.06. The van der Waals surface area contributed by atoms with E-state index in [4.69, 9.17) is 4.74 Å². The third-order valence-electron chi connectivity index (χ3n) is 2.82. The fourth-order valence-electron chi connectivity index (χ4n) is 1.74. The largest absolute Gasteiger partial charge is 0.389 e. The first kappa shape index (κ1) is 15.9. The number of nitrogens with one attached hydrogen (secondary N) is 1. The third kappa shape index (κ3) is 7.80. The summed E-state index contributed by atoms with van der Waals surface area (Å²) in [5.41, 5.74) is 0.669. The molecule has 0 radical (unpaired) electrons. The maximum absolute atomic E-state index is 12.9. The summed E-state index contributed by atoms with van der Waals surface area (Å²) < 4.78 is 18.3. The monoisotopic (exact) mass is 269 g/mol. The van der Waals surface area contributed by atoms with Crippen LogP contribution in [0.3, 0.4) is 0 Å². The topological polar surface area (TPSA) is 41.5 Å². The number of hydrogen-bond donors (Lipinski definition) is 2. The van der Waals surface area contributed by atoms with Crippen molar-refractivity contribution in [3.8, 4) is 0 Å². The van der Waals surface area contributed by atoms with Gasteiger partial charge in [-0.05, 0) is 24.6 Å². The van der Waals surface area contributed by atoms with Crippen LogP contribution in [0, 0.1) is 5.82 Å². The number of benzene rings is 1. The first-order valence-corrected chi connectivity index (χ1v) is 6.97. The number of ether oxygens (including phenoxy) is 1. The van der Waals surface area contributed by atoms with E-state index in [2.05, 4.69) is 12.2 Å². The molecule has 0 aliphatic carbocycles. The summed E-state index contributed by atoms with van der Waals surface area (Å²) in [6.07, 6.45) is 4.08. The molecule has 0 spiro atoms. The van der Waals surface area contributed by atoms with E-state index in [0.29, 0.717) is 25.4 Å². The summed E-state index contributed by atoms with van der Waals surface area (Å²) in [7, 11) is 0. The molecule has 0 amide bonds. The Hall–Kier alpha value is -1.13. The van der Waals surface area contributed by atoms with Crippen LogP contribution in [0.2, 0.25) is 0 Å². The van der Waals surface area contributed by atoms with Gasteiger partial charge in [0, 0.05) is 18.8 Å². The van der Waals surface area contributed by atoms with Crippen LogP contribution in [0.1, 0.15) is 32.6 Å². The van der Waals surface area contributed by atoms with Crippen molar-refractivity contribution in [1.29, 1.82) is 0 Å². The highest BCUT2D eigenvalue weighted by atomic mass is 19.1. The summed E-state index contributed by atoms with van der Waals surface area (Å²) in [4.78, 5) is 0. The molecule has 3 nitrogen and oxygen atoms in total. The van der Waals surface area contributed by atoms with E-state index in [1.54, 1.807) is 12.1 Å². The standard InChI is InChI=1S/C15H24FNO2/c1-2-3-4-5-9-19-12-15(18)11-17-14-8-6-7-13(16)10-14/h6-8,10,15,17-18H,2-5,9,11-12H2,1H3. The molecule has 2 N–H and O–H groups in total.